The van der Waals surface area contributed by atoms with Crippen LogP contribution in [0.25, 0.3) is 0 Å². The maximum absolute atomic E-state index is 2.40. The van der Waals surface area contributed by atoms with Crippen LogP contribution in [-0.2, 0) is 0 Å². The summed E-state index contributed by atoms with van der Waals surface area (Å²) in [6, 6.07) is 0. The Morgan fingerprint density at radius 1 is 1.00 bits per heavy atom. The molecule has 1 aliphatic carbocycles. The van der Waals surface area contributed by atoms with Crippen LogP contribution in [0.15, 0.2) is 23.8 Å². The van der Waals surface area contributed by atoms with E-state index in [1.807, 2.05) is 0 Å². The minimum atomic E-state index is 1.27. The third-order valence-electron chi connectivity index (χ3n) is 2.18. The van der Waals surface area contributed by atoms with E-state index in [1.165, 1.54) is 38.5 Å². The van der Waals surface area contributed by atoms with Gasteiger partial charge < -0.3 is 0 Å². The zero-order chi connectivity index (χ0) is 7.94. The molecule has 1 aliphatic rings. The zero-order valence-electron chi connectivity index (χ0n) is 7.47. The molecule has 0 aromatic rings. The number of allylic oxidation sites excluding steroid dienone is 4. The molecule has 0 amide bonds. The van der Waals surface area contributed by atoms with Crippen LogP contribution in [0.1, 0.15) is 45.4 Å². The molecule has 11 heavy (non-hydrogen) atoms. The van der Waals surface area contributed by atoms with Gasteiger partial charge in [-0.2, -0.15) is 0 Å². The van der Waals surface area contributed by atoms with Crippen LogP contribution < -0.4 is 0 Å². The average molecular weight is 150 g/mol. The summed E-state index contributed by atoms with van der Waals surface area (Å²) in [5, 5.41) is 0. The maximum Gasteiger partial charge on any atom is -0.0320 e. The van der Waals surface area contributed by atoms with Gasteiger partial charge in [-0.15, -0.1) is 0 Å². The molecule has 0 heterocycles. The fourth-order valence-electron chi connectivity index (χ4n) is 1.42. The fraction of sp³-hybridized carbons (Fsp3) is 0.636. The van der Waals surface area contributed by atoms with Crippen molar-refractivity contribution in [1.29, 1.82) is 0 Å². The van der Waals surface area contributed by atoms with Gasteiger partial charge in [0.15, 0.2) is 0 Å². The molecule has 0 N–H and O–H groups in total. The van der Waals surface area contributed by atoms with Gasteiger partial charge >= 0.3 is 0 Å². The topological polar surface area (TPSA) is 0 Å². The quantitative estimate of drug-likeness (QED) is 0.460. The zero-order valence-corrected chi connectivity index (χ0v) is 7.47. The lowest BCUT2D eigenvalue weighted by Gasteiger charge is -2.01. The summed E-state index contributed by atoms with van der Waals surface area (Å²) < 4.78 is 0. The third kappa shape index (κ3) is 4.02. The summed E-state index contributed by atoms with van der Waals surface area (Å²) in [5.74, 6) is 0. The molecule has 0 unspecified atom stereocenters. The lowest BCUT2D eigenvalue weighted by molar-refractivity contribution is 0.789. The van der Waals surface area contributed by atoms with E-state index in [0.717, 1.165) is 0 Å². The molecule has 0 radical (unpaired) electrons. The van der Waals surface area contributed by atoms with Crippen LogP contribution in [0.4, 0.5) is 0 Å². The van der Waals surface area contributed by atoms with E-state index in [-0.39, 0.29) is 0 Å². The summed E-state index contributed by atoms with van der Waals surface area (Å²) in [6.45, 7) is 2.26. The van der Waals surface area contributed by atoms with Crippen molar-refractivity contribution >= 4 is 0 Å². The Labute approximate surface area is 70.0 Å². The summed E-state index contributed by atoms with van der Waals surface area (Å²) >= 11 is 0. The van der Waals surface area contributed by atoms with E-state index < -0.39 is 0 Å². The van der Waals surface area contributed by atoms with Gasteiger partial charge in [-0.3, -0.25) is 0 Å². The van der Waals surface area contributed by atoms with Crippen LogP contribution in [0, 0.1) is 0 Å². The number of hydrogen-bond donors (Lipinski definition) is 0. The Kier molecular flexibility index (Phi) is 4.03. The third-order valence-corrected chi connectivity index (χ3v) is 2.18. The van der Waals surface area contributed by atoms with Gasteiger partial charge in [-0.1, -0.05) is 23.8 Å². The van der Waals surface area contributed by atoms with E-state index in [0.29, 0.717) is 0 Å². The molecule has 0 atom stereocenters. The van der Waals surface area contributed by atoms with E-state index >= 15 is 0 Å². The first-order chi connectivity index (χ1) is 5.39. The predicted octanol–water partition coefficient (Wildman–Crippen LogP) is 3.84. The van der Waals surface area contributed by atoms with Crippen molar-refractivity contribution in [2.24, 2.45) is 0 Å². The molecule has 62 valence electrons. The van der Waals surface area contributed by atoms with Gasteiger partial charge in [-0.05, 0) is 45.4 Å². The van der Waals surface area contributed by atoms with Crippen molar-refractivity contribution < 1.29 is 0 Å². The van der Waals surface area contributed by atoms with Gasteiger partial charge in [-0.25, -0.2) is 0 Å². The first kappa shape index (κ1) is 8.58. The largest absolute Gasteiger partial charge is 0.0885 e. The Morgan fingerprint density at radius 2 is 1.73 bits per heavy atom. The maximum atomic E-state index is 2.40. The number of hydrogen-bond acceptors (Lipinski definition) is 0. The second kappa shape index (κ2) is 5.17. The van der Waals surface area contributed by atoms with Crippen molar-refractivity contribution in [3.8, 4) is 0 Å². The lowest BCUT2D eigenvalue weighted by atomic mass is 10.1. The van der Waals surface area contributed by atoms with Gasteiger partial charge in [0.2, 0.25) is 0 Å². The van der Waals surface area contributed by atoms with Crippen molar-refractivity contribution in [1.82, 2.24) is 0 Å². The summed E-state index contributed by atoms with van der Waals surface area (Å²) in [7, 11) is 0. The Morgan fingerprint density at radius 3 is 2.55 bits per heavy atom. The highest BCUT2D eigenvalue weighted by Crippen LogP contribution is 2.11. The van der Waals surface area contributed by atoms with E-state index in [2.05, 4.69) is 25.2 Å². The SMILES string of the molecule is CC1=CCCCC=CCCC1. The molecular formula is C11H18. The molecule has 0 saturated carbocycles. The normalized spacial score (nSPS) is 21.0. The van der Waals surface area contributed by atoms with Gasteiger partial charge in [0.25, 0.3) is 0 Å². The van der Waals surface area contributed by atoms with Crippen LogP contribution in [0.3, 0.4) is 0 Å². The van der Waals surface area contributed by atoms with E-state index in [9.17, 15) is 0 Å². The predicted molar refractivity (Wildman–Crippen MR) is 50.6 cm³/mol. The molecule has 0 fully saturated rings. The first-order valence-electron chi connectivity index (χ1n) is 4.70. The van der Waals surface area contributed by atoms with E-state index in [1.54, 1.807) is 5.57 Å². The molecule has 1 rings (SSSR count). The van der Waals surface area contributed by atoms with Crippen molar-refractivity contribution in [2.75, 3.05) is 0 Å². The molecule has 0 bridgehead atoms. The average Bonchev–Trinajstić information content (AvgIpc) is 2.03. The molecule has 0 spiro atoms. The highest BCUT2D eigenvalue weighted by Gasteiger charge is 1.91. The van der Waals surface area contributed by atoms with Gasteiger partial charge in [0, 0.05) is 0 Å². The standard InChI is InChI=1S/C11H18/c1-11-9-7-5-3-2-4-6-8-10-11/h2-3,10H,4-9H2,1H3. The molecule has 0 nitrogen and oxygen atoms in total. The van der Waals surface area contributed by atoms with Crippen LogP contribution in [-0.4, -0.2) is 0 Å². The van der Waals surface area contributed by atoms with E-state index in [4.69, 9.17) is 0 Å². The molecule has 0 aliphatic heterocycles. The molecule has 0 heteroatoms. The van der Waals surface area contributed by atoms with Crippen LogP contribution >= 0.6 is 0 Å². The number of rotatable bonds is 0. The summed E-state index contributed by atoms with van der Waals surface area (Å²) in [5.41, 5.74) is 1.58. The monoisotopic (exact) mass is 150 g/mol. The molecular weight excluding hydrogens is 132 g/mol. The Hall–Kier alpha value is -0.520. The minimum Gasteiger partial charge on any atom is -0.0885 e. The first-order valence-corrected chi connectivity index (χ1v) is 4.70. The molecule has 0 saturated heterocycles. The van der Waals surface area contributed by atoms with Gasteiger partial charge in [0.05, 0.1) is 0 Å². The van der Waals surface area contributed by atoms with Crippen LogP contribution in [0.5, 0.6) is 0 Å². The smallest absolute Gasteiger partial charge is 0.0320 e. The van der Waals surface area contributed by atoms with Crippen molar-refractivity contribution in [2.45, 2.75) is 45.4 Å². The molecule has 0 aromatic heterocycles. The minimum absolute atomic E-state index is 1.27. The molecule has 0 aromatic carbocycles. The Bertz CT molecular complexity index is 151. The van der Waals surface area contributed by atoms with Gasteiger partial charge in [0.1, 0.15) is 0 Å². The highest BCUT2D eigenvalue weighted by molar-refractivity contribution is 4.99. The van der Waals surface area contributed by atoms with Crippen molar-refractivity contribution in [3.63, 3.8) is 0 Å². The fourth-order valence-corrected chi connectivity index (χ4v) is 1.42. The second-order valence-electron chi connectivity index (χ2n) is 3.35. The highest BCUT2D eigenvalue weighted by atomic mass is 14.0. The van der Waals surface area contributed by atoms with Crippen molar-refractivity contribution in [3.05, 3.63) is 23.8 Å². The lowest BCUT2D eigenvalue weighted by Crippen LogP contribution is -1.81. The summed E-state index contributed by atoms with van der Waals surface area (Å²) in [6.07, 6.45) is 14.8. The van der Waals surface area contributed by atoms with Crippen LogP contribution in [0.2, 0.25) is 0 Å². The second-order valence-corrected chi connectivity index (χ2v) is 3.35. The Balaban J connectivity index is 2.34. The summed E-state index contributed by atoms with van der Waals surface area (Å²) in [4.78, 5) is 0.